The lowest BCUT2D eigenvalue weighted by atomic mass is 9.87. The van der Waals surface area contributed by atoms with Crippen LogP contribution in [0.2, 0.25) is 0 Å². The number of carboxylic acids is 1. The molecule has 0 unspecified atom stereocenters. The minimum atomic E-state index is -0.930. The number of aromatic amines is 1. The molecule has 122 valence electrons. The summed E-state index contributed by atoms with van der Waals surface area (Å²) in [4.78, 5) is 19.3. The second-order valence-corrected chi connectivity index (χ2v) is 6.44. The van der Waals surface area contributed by atoms with E-state index in [4.69, 9.17) is 4.98 Å². The Labute approximate surface area is 135 Å². The first kappa shape index (κ1) is 15.7. The maximum atomic E-state index is 11.2. The summed E-state index contributed by atoms with van der Waals surface area (Å²) in [5, 5.41) is 18.8. The summed E-state index contributed by atoms with van der Waals surface area (Å²) >= 11 is 0. The molecule has 0 radical (unpaired) electrons. The second-order valence-electron chi connectivity index (χ2n) is 6.44. The van der Waals surface area contributed by atoms with E-state index in [0.717, 1.165) is 54.0 Å². The van der Waals surface area contributed by atoms with Crippen LogP contribution in [0.1, 0.15) is 59.0 Å². The molecule has 0 atom stereocenters. The molecule has 5 nitrogen and oxygen atoms in total. The van der Waals surface area contributed by atoms with E-state index in [2.05, 4.69) is 4.98 Å². The molecule has 1 aliphatic carbocycles. The summed E-state index contributed by atoms with van der Waals surface area (Å²) in [6.07, 6.45) is 3.31. The number of hydrogen-bond donors (Lipinski definition) is 3. The van der Waals surface area contributed by atoms with Gasteiger partial charge in [0.1, 0.15) is 5.82 Å². The number of aromatic carboxylic acids is 1. The van der Waals surface area contributed by atoms with Crippen molar-refractivity contribution in [1.82, 2.24) is 9.97 Å². The van der Waals surface area contributed by atoms with E-state index in [1.54, 1.807) is 12.1 Å². The molecule has 1 heterocycles. The first-order valence-corrected chi connectivity index (χ1v) is 8.04. The molecule has 1 aliphatic rings. The highest BCUT2D eigenvalue weighted by Crippen LogP contribution is 2.34. The molecule has 0 spiro atoms. The maximum Gasteiger partial charge on any atom is 0.335 e. The Kier molecular flexibility index (Phi) is 4.22. The largest absolute Gasteiger partial charge is 0.478 e. The maximum absolute atomic E-state index is 11.2. The van der Waals surface area contributed by atoms with Crippen LogP contribution in [0, 0.1) is 13.8 Å². The van der Waals surface area contributed by atoms with Gasteiger partial charge in [-0.1, -0.05) is 6.07 Å². The molecule has 23 heavy (non-hydrogen) atoms. The Morgan fingerprint density at radius 3 is 2.57 bits per heavy atom. The van der Waals surface area contributed by atoms with Crippen molar-refractivity contribution < 1.29 is 15.0 Å². The molecule has 1 aromatic carbocycles. The molecular weight excluding hydrogens is 292 g/mol. The van der Waals surface area contributed by atoms with Gasteiger partial charge in [-0.05, 0) is 57.2 Å². The smallest absolute Gasteiger partial charge is 0.335 e. The molecule has 3 N–H and O–H groups in total. The van der Waals surface area contributed by atoms with E-state index >= 15 is 0 Å². The number of aryl methyl sites for hydroxylation is 2. The van der Waals surface area contributed by atoms with Crippen LogP contribution in [-0.2, 0) is 0 Å². The fourth-order valence-corrected chi connectivity index (χ4v) is 3.30. The van der Waals surface area contributed by atoms with Crippen molar-refractivity contribution in [2.45, 2.75) is 51.6 Å². The number of H-pyrrole nitrogens is 1. The Morgan fingerprint density at radius 1 is 1.22 bits per heavy atom. The first-order chi connectivity index (χ1) is 11.0. The third-order valence-electron chi connectivity index (χ3n) is 4.73. The lowest BCUT2D eigenvalue weighted by Crippen LogP contribution is -2.17. The zero-order valence-corrected chi connectivity index (χ0v) is 13.5. The van der Waals surface area contributed by atoms with Gasteiger partial charge in [0.2, 0.25) is 0 Å². The fourth-order valence-electron chi connectivity index (χ4n) is 3.30. The number of nitrogens with one attached hydrogen (secondary N) is 1. The van der Waals surface area contributed by atoms with Crippen LogP contribution >= 0.6 is 0 Å². The lowest BCUT2D eigenvalue weighted by molar-refractivity contribution is 0.0697. The van der Waals surface area contributed by atoms with Gasteiger partial charge in [-0.15, -0.1) is 0 Å². The third-order valence-corrected chi connectivity index (χ3v) is 4.73. The highest BCUT2D eigenvalue weighted by molar-refractivity contribution is 5.89. The van der Waals surface area contributed by atoms with Gasteiger partial charge in [-0.3, -0.25) is 0 Å². The number of aromatic nitrogens is 2. The van der Waals surface area contributed by atoms with Crippen molar-refractivity contribution in [3.8, 4) is 11.3 Å². The molecule has 0 amide bonds. The number of rotatable bonds is 3. The molecule has 3 rings (SSSR count). The van der Waals surface area contributed by atoms with E-state index in [0.29, 0.717) is 5.92 Å². The van der Waals surface area contributed by atoms with Crippen molar-refractivity contribution in [1.29, 1.82) is 0 Å². The van der Waals surface area contributed by atoms with Gasteiger partial charge in [-0.25, -0.2) is 9.78 Å². The summed E-state index contributed by atoms with van der Waals surface area (Å²) in [5.41, 5.74) is 3.93. The Balaban J connectivity index is 1.95. The molecule has 1 saturated carbocycles. The third kappa shape index (κ3) is 3.15. The van der Waals surface area contributed by atoms with E-state index in [9.17, 15) is 15.0 Å². The predicted molar refractivity (Wildman–Crippen MR) is 87.7 cm³/mol. The number of aliphatic hydroxyl groups is 1. The van der Waals surface area contributed by atoms with Crippen molar-refractivity contribution in [3.63, 3.8) is 0 Å². The fraction of sp³-hybridized carbons (Fsp3) is 0.444. The summed E-state index contributed by atoms with van der Waals surface area (Å²) < 4.78 is 0. The van der Waals surface area contributed by atoms with Gasteiger partial charge in [-0.2, -0.15) is 0 Å². The zero-order valence-electron chi connectivity index (χ0n) is 13.5. The van der Waals surface area contributed by atoms with Crippen LogP contribution in [0.15, 0.2) is 18.2 Å². The number of benzene rings is 1. The van der Waals surface area contributed by atoms with E-state index in [1.165, 1.54) is 0 Å². The second kappa shape index (κ2) is 6.16. The average molecular weight is 314 g/mol. The standard InChI is InChI=1S/C18H22N2O3/c1-10-3-4-13(18(22)23)9-15(10)16-11(2)19-17(20-16)12-5-7-14(21)8-6-12/h3-4,9,12,14,21H,5-8H2,1-2H3,(H,19,20)(H,22,23). The quantitative estimate of drug-likeness (QED) is 0.810. The Bertz CT molecular complexity index is 728. The van der Waals surface area contributed by atoms with Gasteiger partial charge >= 0.3 is 5.97 Å². The van der Waals surface area contributed by atoms with Crippen LogP contribution in [0.4, 0.5) is 0 Å². The minimum absolute atomic E-state index is 0.184. The van der Waals surface area contributed by atoms with Crippen molar-refractivity contribution >= 4 is 5.97 Å². The SMILES string of the molecule is Cc1ccc(C(=O)O)cc1-c1nc(C2CCC(O)CC2)[nH]c1C. The number of imidazole rings is 1. The minimum Gasteiger partial charge on any atom is -0.478 e. The summed E-state index contributed by atoms with van der Waals surface area (Å²) in [6.45, 7) is 3.93. The topological polar surface area (TPSA) is 86.2 Å². The number of nitrogens with zero attached hydrogens (tertiary/aromatic N) is 1. The predicted octanol–water partition coefficient (Wildman–Crippen LogP) is 3.41. The van der Waals surface area contributed by atoms with E-state index < -0.39 is 5.97 Å². The molecule has 1 fully saturated rings. The van der Waals surface area contributed by atoms with Crippen molar-refractivity contribution in [2.24, 2.45) is 0 Å². The average Bonchev–Trinajstić information content (AvgIpc) is 2.90. The van der Waals surface area contributed by atoms with Gasteiger partial charge < -0.3 is 15.2 Å². The number of carbonyl (C=O) groups is 1. The number of aliphatic hydroxyl groups excluding tert-OH is 1. The Morgan fingerprint density at radius 2 is 1.91 bits per heavy atom. The van der Waals surface area contributed by atoms with Crippen LogP contribution in [0.3, 0.4) is 0 Å². The lowest BCUT2D eigenvalue weighted by Gasteiger charge is -2.23. The molecule has 0 aliphatic heterocycles. The van der Waals surface area contributed by atoms with Gasteiger partial charge in [0.05, 0.1) is 17.4 Å². The first-order valence-electron chi connectivity index (χ1n) is 8.04. The van der Waals surface area contributed by atoms with Gasteiger partial charge in [0.15, 0.2) is 0 Å². The number of carboxylic acid groups (broad SMARTS) is 1. The Hall–Kier alpha value is -2.14. The molecule has 2 aromatic rings. The molecular formula is C18H22N2O3. The summed E-state index contributed by atoms with van der Waals surface area (Å²) in [5.74, 6) is 0.360. The van der Waals surface area contributed by atoms with Gasteiger partial charge in [0, 0.05) is 17.2 Å². The monoisotopic (exact) mass is 314 g/mol. The van der Waals surface area contributed by atoms with Crippen LogP contribution in [0.5, 0.6) is 0 Å². The van der Waals surface area contributed by atoms with Gasteiger partial charge in [0.25, 0.3) is 0 Å². The van der Waals surface area contributed by atoms with Crippen LogP contribution < -0.4 is 0 Å². The molecule has 0 saturated heterocycles. The highest BCUT2D eigenvalue weighted by atomic mass is 16.4. The van der Waals surface area contributed by atoms with Crippen LogP contribution in [0.25, 0.3) is 11.3 Å². The highest BCUT2D eigenvalue weighted by Gasteiger charge is 2.24. The molecule has 5 heteroatoms. The zero-order chi connectivity index (χ0) is 16.6. The van der Waals surface area contributed by atoms with Crippen molar-refractivity contribution in [2.75, 3.05) is 0 Å². The van der Waals surface area contributed by atoms with Crippen LogP contribution in [-0.4, -0.2) is 32.3 Å². The summed E-state index contributed by atoms with van der Waals surface area (Å²) in [7, 11) is 0. The molecule has 0 bridgehead atoms. The van der Waals surface area contributed by atoms with E-state index in [1.807, 2.05) is 19.9 Å². The number of hydrogen-bond acceptors (Lipinski definition) is 3. The van der Waals surface area contributed by atoms with Crippen molar-refractivity contribution in [3.05, 3.63) is 40.8 Å². The normalized spacial score (nSPS) is 21.3. The molecule has 1 aromatic heterocycles. The van der Waals surface area contributed by atoms with E-state index in [-0.39, 0.29) is 11.7 Å². The summed E-state index contributed by atoms with van der Waals surface area (Å²) in [6, 6.07) is 5.13.